The van der Waals surface area contributed by atoms with Crippen LogP contribution < -0.4 is 10.1 Å². The number of ether oxygens (including phenoxy) is 1. The number of nitrogens with zero attached hydrogens (tertiary/aromatic N) is 1. The molecule has 6 heteroatoms. The normalized spacial score (nSPS) is 13.8. The van der Waals surface area contributed by atoms with E-state index in [1.54, 1.807) is 6.20 Å². The Morgan fingerprint density at radius 3 is 2.67 bits per heavy atom. The van der Waals surface area contributed by atoms with Crippen molar-refractivity contribution in [1.29, 1.82) is 0 Å². The maximum Gasteiger partial charge on any atom is 0.257 e. The maximum atomic E-state index is 12.8. The fraction of sp³-hybridized carbons (Fsp3) is 0.500. The predicted octanol–water partition coefficient (Wildman–Crippen LogP) is 4.68. The minimum atomic E-state index is -0.267. The van der Waals surface area contributed by atoms with Crippen LogP contribution in [0.15, 0.2) is 30.5 Å². The van der Waals surface area contributed by atoms with E-state index in [-0.39, 0.29) is 11.7 Å². The topological polar surface area (TPSA) is 74.4 Å². The number of anilines is 1. The average molecular weight is 412 g/mol. The highest BCUT2D eigenvalue weighted by atomic mass is 16.5. The van der Waals surface area contributed by atoms with Crippen LogP contribution in [0.5, 0.6) is 5.75 Å². The summed E-state index contributed by atoms with van der Waals surface area (Å²) in [4.78, 5) is 30.8. The Bertz CT molecular complexity index is 853. The third-order valence-corrected chi connectivity index (χ3v) is 5.41. The predicted molar refractivity (Wildman–Crippen MR) is 120 cm³/mol. The van der Waals surface area contributed by atoms with Gasteiger partial charge in [0.05, 0.1) is 11.1 Å². The van der Waals surface area contributed by atoms with Crippen LogP contribution in [0.4, 0.5) is 5.69 Å². The number of fused-ring (bicyclic) bond motifs is 1. The molecule has 1 amide bonds. The van der Waals surface area contributed by atoms with Crippen LogP contribution >= 0.6 is 0 Å². The molecule has 1 heterocycles. The molecule has 0 atom stereocenters. The molecule has 0 saturated carbocycles. The first-order valence-electron chi connectivity index (χ1n) is 11.1. The molecular formula is C24H33N3O3. The number of aromatic nitrogens is 1. The van der Waals surface area contributed by atoms with Gasteiger partial charge in [0.2, 0.25) is 0 Å². The van der Waals surface area contributed by atoms with Crippen molar-refractivity contribution in [3.05, 3.63) is 47.3 Å². The number of hydrogen-bond acceptors (Lipinski definition) is 4. The van der Waals surface area contributed by atoms with Gasteiger partial charge in [-0.3, -0.25) is 14.5 Å². The fourth-order valence-electron chi connectivity index (χ4n) is 4.00. The molecule has 0 unspecified atom stereocenters. The zero-order chi connectivity index (χ0) is 21.3. The van der Waals surface area contributed by atoms with Crippen molar-refractivity contribution in [3.8, 4) is 5.75 Å². The largest absolute Gasteiger partial charge is 0.492 e. The highest BCUT2D eigenvalue weighted by molar-refractivity contribution is 6.13. The number of Topliss-reactive ketones (excluding diaryl/α,β-unsaturated/α-hetero) is 1. The molecule has 0 spiro atoms. The van der Waals surface area contributed by atoms with E-state index in [1.807, 2.05) is 24.3 Å². The summed E-state index contributed by atoms with van der Waals surface area (Å²) in [5.74, 6) is 0.511. The van der Waals surface area contributed by atoms with Crippen LogP contribution in [0, 0.1) is 0 Å². The van der Waals surface area contributed by atoms with Crippen molar-refractivity contribution in [2.24, 2.45) is 0 Å². The van der Waals surface area contributed by atoms with Gasteiger partial charge in [0.1, 0.15) is 12.4 Å². The molecule has 0 aliphatic heterocycles. The van der Waals surface area contributed by atoms with Crippen LogP contribution in [0.25, 0.3) is 0 Å². The number of carbonyl (C=O) groups excluding carboxylic acids is 2. The van der Waals surface area contributed by atoms with Gasteiger partial charge in [-0.1, -0.05) is 19.9 Å². The molecule has 0 bridgehead atoms. The number of hydrogen-bond donors (Lipinski definition) is 2. The molecule has 1 aromatic heterocycles. The van der Waals surface area contributed by atoms with Gasteiger partial charge in [-0.15, -0.1) is 0 Å². The van der Waals surface area contributed by atoms with E-state index in [2.05, 4.69) is 29.0 Å². The standard InChI is InChI=1S/C24H33N3O3/c1-3-12-27(13-4-2)14-15-30-19-9-7-8-18(16-19)26-24(29)20-17-25-21-10-5-6-11-22(28)23(20)21/h7-9,16-17,25H,3-6,10-15H2,1-2H3,(H,26,29). The number of aryl methyl sites for hydroxylation is 1. The van der Waals surface area contributed by atoms with Gasteiger partial charge in [-0.2, -0.15) is 0 Å². The van der Waals surface area contributed by atoms with Gasteiger partial charge in [0, 0.05) is 36.6 Å². The Labute approximate surface area is 179 Å². The molecule has 2 N–H and O–H groups in total. The number of amides is 1. The summed E-state index contributed by atoms with van der Waals surface area (Å²) in [6.07, 6.45) is 7.06. The summed E-state index contributed by atoms with van der Waals surface area (Å²) in [6.45, 7) is 8.02. The van der Waals surface area contributed by atoms with Gasteiger partial charge in [0.15, 0.2) is 5.78 Å². The number of rotatable bonds is 10. The van der Waals surface area contributed by atoms with Crippen LogP contribution in [-0.2, 0) is 6.42 Å². The molecule has 1 aliphatic rings. The molecule has 0 radical (unpaired) electrons. The molecule has 0 saturated heterocycles. The van der Waals surface area contributed by atoms with E-state index in [1.165, 1.54) is 0 Å². The van der Waals surface area contributed by atoms with E-state index < -0.39 is 0 Å². The number of benzene rings is 1. The summed E-state index contributed by atoms with van der Waals surface area (Å²) in [7, 11) is 0. The van der Waals surface area contributed by atoms with Crippen LogP contribution in [0.2, 0.25) is 0 Å². The van der Waals surface area contributed by atoms with Crippen molar-refractivity contribution < 1.29 is 14.3 Å². The molecule has 162 valence electrons. The minimum absolute atomic E-state index is 0.0506. The second kappa shape index (κ2) is 11.0. The van der Waals surface area contributed by atoms with Crippen molar-refractivity contribution in [2.45, 2.75) is 52.4 Å². The summed E-state index contributed by atoms with van der Waals surface area (Å²) >= 11 is 0. The van der Waals surface area contributed by atoms with Gasteiger partial charge < -0.3 is 15.0 Å². The Morgan fingerprint density at radius 1 is 1.13 bits per heavy atom. The number of carbonyl (C=O) groups is 2. The maximum absolute atomic E-state index is 12.8. The molecule has 1 aliphatic carbocycles. The lowest BCUT2D eigenvalue weighted by atomic mass is 10.0. The summed E-state index contributed by atoms with van der Waals surface area (Å²) in [6, 6.07) is 7.42. The number of nitrogens with one attached hydrogen (secondary N) is 2. The zero-order valence-electron chi connectivity index (χ0n) is 18.1. The highest BCUT2D eigenvalue weighted by Crippen LogP contribution is 2.25. The second-order valence-electron chi connectivity index (χ2n) is 7.86. The summed E-state index contributed by atoms with van der Waals surface area (Å²) in [5, 5.41) is 2.91. The van der Waals surface area contributed by atoms with E-state index in [0.717, 1.165) is 63.2 Å². The van der Waals surface area contributed by atoms with E-state index in [4.69, 9.17) is 4.74 Å². The third kappa shape index (κ3) is 5.72. The summed E-state index contributed by atoms with van der Waals surface area (Å²) in [5.41, 5.74) is 2.53. The van der Waals surface area contributed by atoms with Crippen molar-refractivity contribution in [1.82, 2.24) is 9.88 Å². The molecule has 3 rings (SSSR count). The Hall–Kier alpha value is -2.60. The lowest BCUT2D eigenvalue weighted by molar-refractivity contribution is 0.0965. The lowest BCUT2D eigenvalue weighted by Crippen LogP contribution is -2.30. The number of aromatic amines is 1. The second-order valence-corrected chi connectivity index (χ2v) is 7.86. The van der Waals surface area contributed by atoms with Crippen molar-refractivity contribution in [3.63, 3.8) is 0 Å². The first kappa shape index (κ1) is 22.1. The van der Waals surface area contributed by atoms with Crippen LogP contribution in [0.3, 0.4) is 0 Å². The van der Waals surface area contributed by atoms with Crippen molar-refractivity contribution in [2.75, 3.05) is 31.6 Å². The van der Waals surface area contributed by atoms with E-state index >= 15 is 0 Å². The average Bonchev–Trinajstić information content (AvgIpc) is 3.07. The smallest absolute Gasteiger partial charge is 0.257 e. The third-order valence-electron chi connectivity index (χ3n) is 5.41. The van der Waals surface area contributed by atoms with Crippen LogP contribution in [0.1, 0.15) is 72.4 Å². The Kier molecular flexibility index (Phi) is 8.08. The zero-order valence-corrected chi connectivity index (χ0v) is 18.1. The lowest BCUT2D eigenvalue weighted by Gasteiger charge is -2.21. The monoisotopic (exact) mass is 411 g/mol. The Morgan fingerprint density at radius 2 is 1.90 bits per heavy atom. The molecule has 30 heavy (non-hydrogen) atoms. The first-order valence-corrected chi connectivity index (χ1v) is 11.1. The van der Waals surface area contributed by atoms with Gasteiger partial charge in [0.25, 0.3) is 5.91 Å². The van der Waals surface area contributed by atoms with E-state index in [9.17, 15) is 9.59 Å². The molecular weight excluding hydrogens is 378 g/mol. The minimum Gasteiger partial charge on any atom is -0.492 e. The van der Waals surface area contributed by atoms with Crippen LogP contribution in [-0.4, -0.2) is 47.8 Å². The highest BCUT2D eigenvalue weighted by Gasteiger charge is 2.24. The quantitative estimate of drug-likeness (QED) is 0.557. The van der Waals surface area contributed by atoms with Gasteiger partial charge >= 0.3 is 0 Å². The van der Waals surface area contributed by atoms with Gasteiger partial charge in [-0.25, -0.2) is 0 Å². The first-order chi connectivity index (χ1) is 14.6. The van der Waals surface area contributed by atoms with E-state index in [0.29, 0.717) is 29.8 Å². The molecule has 0 fully saturated rings. The number of ketones is 1. The molecule has 2 aromatic rings. The van der Waals surface area contributed by atoms with Crippen molar-refractivity contribution >= 4 is 17.4 Å². The molecule has 1 aromatic carbocycles. The Balaban J connectivity index is 1.61. The fourth-order valence-corrected chi connectivity index (χ4v) is 4.00. The SMILES string of the molecule is CCCN(CCC)CCOc1cccc(NC(=O)c2c[nH]c3c2C(=O)CCCC3)c1. The van der Waals surface area contributed by atoms with Gasteiger partial charge in [-0.05, 0) is 57.3 Å². The summed E-state index contributed by atoms with van der Waals surface area (Å²) < 4.78 is 5.91. The number of H-pyrrole nitrogens is 1. The molecule has 6 nitrogen and oxygen atoms in total.